The van der Waals surface area contributed by atoms with E-state index >= 15 is 0 Å². The number of aromatic hydroxyl groups is 1. The lowest BCUT2D eigenvalue weighted by Crippen LogP contribution is -2.28. The highest BCUT2D eigenvalue weighted by Crippen LogP contribution is 2.35. The average Bonchev–Trinajstić information content (AvgIpc) is 3.01. The van der Waals surface area contributed by atoms with Crippen LogP contribution < -0.4 is 4.74 Å². The van der Waals surface area contributed by atoms with Crippen molar-refractivity contribution in [1.29, 1.82) is 0 Å². The van der Waals surface area contributed by atoms with Crippen LogP contribution in [0.3, 0.4) is 0 Å². The zero-order chi connectivity index (χ0) is 23.4. The summed E-state index contributed by atoms with van der Waals surface area (Å²) in [5, 5.41) is 28.3. The Bertz CT molecular complexity index is 1140. The molecule has 1 fully saturated rings. The molecule has 0 bridgehead atoms. The number of carboxylic acids is 2. The van der Waals surface area contributed by atoms with Crippen molar-refractivity contribution in [3.63, 3.8) is 0 Å². The van der Waals surface area contributed by atoms with Gasteiger partial charge in [-0.05, 0) is 61.5 Å². The third-order valence-corrected chi connectivity index (χ3v) is 5.46. The number of amidine groups is 1. The second-order valence-corrected chi connectivity index (χ2v) is 7.74. The molecule has 32 heavy (non-hydrogen) atoms. The average molecular weight is 456 g/mol. The lowest BCUT2D eigenvalue weighted by Gasteiger charge is -2.12. The minimum atomic E-state index is -1.25. The summed E-state index contributed by atoms with van der Waals surface area (Å²) in [5.74, 6) is -2.65. The Morgan fingerprint density at radius 3 is 2.59 bits per heavy atom. The van der Waals surface area contributed by atoms with Crippen LogP contribution >= 0.6 is 11.8 Å². The first-order valence-electron chi connectivity index (χ1n) is 9.55. The smallest absolute Gasteiger partial charge is 0.344 e. The molecule has 1 aliphatic rings. The van der Waals surface area contributed by atoms with Crippen molar-refractivity contribution in [3.8, 4) is 11.5 Å². The molecule has 0 saturated carbocycles. The first kappa shape index (κ1) is 22.9. The summed E-state index contributed by atoms with van der Waals surface area (Å²) in [6.07, 6.45) is 0.639. The first-order valence-corrected chi connectivity index (χ1v) is 10.4. The molecule has 2 aromatic carbocycles. The molecule has 1 atom stereocenters. The molecular weight excluding hydrogens is 436 g/mol. The van der Waals surface area contributed by atoms with E-state index in [-0.39, 0.29) is 11.5 Å². The van der Waals surface area contributed by atoms with Crippen molar-refractivity contribution in [2.75, 3.05) is 6.54 Å². The van der Waals surface area contributed by atoms with Gasteiger partial charge in [-0.15, -0.1) is 0 Å². The molecule has 9 nitrogen and oxygen atoms in total. The Morgan fingerprint density at radius 1 is 1.22 bits per heavy atom. The van der Waals surface area contributed by atoms with Gasteiger partial charge in [-0.25, -0.2) is 14.6 Å². The number of hydrogen-bond acceptors (Lipinski definition) is 7. The standard InChI is InChI=1S/C22H20N2O7S/c1-3-24-19(26)18(10-13-5-4-6-15(9-13)31-12(2)20(27)28)32-22(24)23-14-7-8-16(21(29)30)17(25)11-14/h4-12,25H,3H2,1-2H3,(H,27,28)(H,29,30)/b18-10-,23-22?. The van der Waals surface area contributed by atoms with Crippen LogP contribution in [0.15, 0.2) is 52.4 Å². The molecule has 2 aromatic rings. The highest BCUT2D eigenvalue weighted by atomic mass is 32.2. The first-order chi connectivity index (χ1) is 15.2. The van der Waals surface area contributed by atoms with Gasteiger partial charge in [0.2, 0.25) is 0 Å². The molecule has 0 spiro atoms. The lowest BCUT2D eigenvalue weighted by atomic mass is 10.2. The van der Waals surface area contributed by atoms with Gasteiger partial charge in [-0.3, -0.25) is 9.69 Å². The van der Waals surface area contributed by atoms with Crippen LogP contribution in [0.25, 0.3) is 6.08 Å². The maximum atomic E-state index is 12.8. The minimum absolute atomic E-state index is 0.239. The number of carbonyl (C=O) groups excluding carboxylic acids is 1. The molecule has 0 radical (unpaired) electrons. The number of carboxylic acid groups (broad SMARTS) is 2. The number of thioether (sulfide) groups is 1. The lowest BCUT2D eigenvalue weighted by molar-refractivity contribution is -0.144. The van der Waals surface area contributed by atoms with Crippen molar-refractivity contribution in [1.82, 2.24) is 4.90 Å². The van der Waals surface area contributed by atoms with E-state index in [1.165, 1.54) is 30.0 Å². The van der Waals surface area contributed by atoms with Crippen LogP contribution in [0.4, 0.5) is 5.69 Å². The topological polar surface area (TPSA) is 137 Å². The Hall–Kier alpha value is -3.79. The summed E-state index contributed by atoms with van der Waals surface area (Å²) >= 11 is 1.14. The van der Waals surface area contributed by atoms with Gasteiger partial charge in [0.1, 0.15) is 17.1 Å². The highest BCUT2D eigenvalue weighted by Gasteiger charge is 2.32. The SMILES string of the molecule is CCN1C(=O)/C(=C/c2cccc(OC(C)C(=O)O)c2)SC1=Nc1ccc(C(=O)O)c(O)c1. The maximum Gasteiger partial charge on any atom is 0.344 e. The maximum absolute atomic E-state index is 12.8. The quantitative estimate of drug-likeness (QED) is 0.538. The number of rotatable bonds is 7. The van der Waals surface area contributed by atoms with E-state index in [0.717, 1.165) is 11.8 Å². The molecule has 3 rings (SSSR count). The van der Waals surface area contributed by atoms with Gasteiger partial charge in [0.15, 0.2) is 11.3 Å². The van der Waals surface area contributed by atoms with Crippen molar-refractivity contribution >= 4 is 46.5 Å². The zero-order valence-corrected chi connectivity index (χ0v) is 18.0. The van der Waals surface area contributed by atoms with Crippen molar-refractivity contribution in [3.05, 3.63) is 58.5 Å². The Kier molecular flexibility index (Phi) is 6.84. The molecule has 1 saturated heterocycles. The molecule has 0 aliphatic carbocycles. The largest absolute Gasteiger partial charge is 0.507 e. The summed E-state index contributed by atoms with van der Waals surface area (Å²) in [6.45, 7) is 3.58. The minimum Gasteiger partial charge on any atom is -0.507 e. The third-order valence-electron chi connectivity index (χ3n) is 4.46. The van der Waals surface area contributed by atoms with E-state index in [2.05, 4.69) is 4.99 Å². The number of phenols is 1. The van der Waals surface area contributed by atoms with Gasteiger partial charge in [-0.2, -0.15) is 0 Å². The van der Waals surface area contributed by atoms with Gasteiger partial charge in [0.25, 0.3) is 5.91 Å². The number of nitrogens with zero attached hydrogens (tertiary/aromatic N) is 2. The number of likely N-dealkylation sites (N-methyl/N-ethyl adjacent to an activating group) is 1. The number of aliphatic imine (C=N–C) groups is 1. The zero-order valence-electron chi connectivity index (χ0n) is 17.2. The van der Waals surface area contributed by atoms with Crippen LogP contribution in [0.5, 0.6) is 11.5 Å². The monoisotopic (exact) mass is 456 g/mol. The predicted molar refractivity (Wildman–Crippen MR) is 119 cm³/mol. The summed E-state index contributed by atoms with van der Waals surface area (Å²) in [6, 6.07) is 10.6. The number of aromatic carboxylic acids is 1. The summed E-state index contributed by atoms with van der Waals surface area (Å²) in [4.78, 5) is 41.1. The number of hydrogen-bond donors (Lipinski definition) is 3. The Labute approximate surface area is 187 Å². The van der Waals surface area contributed by atoms with Crippen LogP contribution in [0.1, 0.15) is 29.8 Å². The van der Waals surface area contributed by atoms with Crippen LogP contribution in [-0.4, -0.2) is 55.9 Å². The van der Waals surface area contributed by atoms with Gasteiger partial charge >= 0.3 is 11.9 Å². The van der Waals surface area contributed by atoms with E-state index in [1.807, 2.05) is 0 Å². The fourth-order valence-corrected chi connectivity index (χ4v) is 3.90. The molecule has 0 aromatic heterocycles. The molecular formula is C22H20N2O7S. The summed E-state index contributed by atoms with van der Waals surface area (Å²) in [5.41, 5.74) is 0.716. The second-order valence-electron chi connectivity index (χ2n) is 6.73. The molecule has 166 valence electrons. The predicted octanol–water partition coefficient (Wildman–Crippen LogP) is 3.57. The normalized spacial score (nSPS) is 17.1. The van der Waals surface area contributed by atoms with Gasteiger partial charge in [0.05, 0.1) is 10.6 Å². The van der Waals surface area contributed by atoms with Crippen LogP contribution in [0, 0.1) is 0 Å². The number of ether oxygens (including phenoxy) is 1. The second kappa shape index (κ2) is 9.56. The van der Waals surface area contributed by atoms with E-state index in [4.69, 9.17) is 14.9 Å². The highest BCUT2D eigenvalue weighted by molar-refractivity contribution is 8.18. The fourth-order valence-electron chi connectivity index (χ4n) is 2.83. The van der Waals surface area contributed by atoms with E-state index in [9.17, 15) is 19.5 Å². The summed E-state index contributed by atoms with van der Waals surface area (Å²) in [7, 11) is 0. The molecule has 1 amide bonds. The van der Waals surface area contributed by atoms with Crippen molar-refractivity contribution < 1.29 is 34.4 Å². The van der Waals surface area contributed by atoms with Crippen molar-refractivity contribution in [2.45, 2.75) is 20.0 Å². The number of aliphatic carboxylic acids is 1. The summed E-state index contributed by atoms with van der Waals surface area (Å²) < 4.78 is 5.37. The van der Waals surface area contributed by atoms with Gasteiger partial charge < -0.3 is 20.1 Å². The number of carbonyl (C=O) groups is 3. The van der Waals surface area contributed by atoms with Gasteiger partial charge in [0, 0.05) is 12.6 Å². The number of amides is 1. The Morgan fingerprint density at radius 2 is 1.97 bits per heavy atom. The Balaban J connectivity index is 1.88. The third kappa shape index (κ3) is 5.09. The molecule has 1 unspecified atom stereocenters. The van der Waals surface area contributed by atoms with E-state index in [1.54, 1.807) is 37.3 Å². The molecule has 1 aliphatic heterocycles. The van der Waals surface area contributed by atoms with Crippen LogP contribution in [-0.2, 0) is 9.59 Å². The van der Waals surface area contributed by atoms with Crippen LogP contribution in [0.2, 0.25) is 0 Å². The fraction of sp³-hybridized carbons (Fsp3) is 0.182. The molecule has 10 heteroatoms. The number of benzene rings is 2. The van der Waals surface area contributed by atoms with Gasteiger partial charge in [-0.1, -0.05) is 12.1 Å². The van der Waals surface area contributed by atoms with E-state index < -0.39 is 23.8 Å². The van der Waals surface area contributed by atoms with E-state index in [0.29, 0.717) is 33.6 Å². The molecule has 1 heterocycles. The van der Waals surface area contributed by atoms with Crippen molar-refractivity contribution in [2.24, 2.45) is 4.99 Å². The molecule has 3 N–H and O–H groups in total.